The van der Waals surface area contributed by atoms with Gasteiger partial charge in [0.2, 0.25) is 0 Å². The highest BCUT2D eigenvalue weighted by Crippen LogP contribution is 2.53. The van der Waals surface area contributed by atoms with E-state index < -0.39 is 15.1 Å². The highest BCUT2D eigenvalue weighted by molar-refractivity contribution is 7.92. The van der Waals surface area contributed by atoms with Crippen molar-refractivity contribution < 1.29 is 13.5 Å². The SMILES string of the molecule is O=S(=O)(c1ccc(Cl)cc1)[C@@H]1[C@H](CO)[C@H]1c1ccc(Cl)cc1. The molecule has 0 aliphatic heterocycles. The third kappa shape index (κ3) is 2.76. The van der Waals surface area contributed by atoms with E-state index in [0.717, 1.165) is 5.56 Å². The molecular weight excluding hydrogens is 343 g/mol. The largest absolute Gasteiger partial charge is 0.396 e. The number of sulfone groups is 1. The molecule has 1 N–H and O–H groups in total. The maximum absolute atomic E-state index is 12.7. The molecule has 0 unspecified atom stereocenters. The van der Waals surface area contributed by atoms with Crippen LogP contribution in [0, 0.1) is 5.92 Å². The first-order valence-electron chi connectivity index (χ1n) is 6.81. The van der Waals surface area contributed by atoms with Crippen LogP contribution in [-0.2, 0) is 9.84 Å². The number of rotatable bonds is 4. The lowest BCUT2D eigenvalue weighted by Gasteiger charge is -2.04. The minimum atomic E-state index is -3.50. The van der Waals surface area contributed by atoms with Crippen LogP contribution in [-0.4, -0.2) is 25.4 Å². The van der Waals surface area contributed by atoms with Crippen LogP contribution in [0.1, 0.15) is 11.5 Å². The van der Waals surface area contributed by atoms with Gasteiger partial charge >= 0.3 is 0 Å². The quantitative estimate of drug-likeness (QED) is 0.911. The number of hydrogen-bond acceptors (Lipinski definition) is 3. The summed E-state index contributed by atoms with van der Waals surface area (Å²) >= 11 is 11.7. The molecule has 0 radical (unpaired) electrons. The first-order chi connectivity index (χ1) is 10.4. The third-order valence-corrected chi connectivity index (χ3v) is 6.86. The fourth-order valence-corrected chi connectivity index (χ4v) is 5.34. The smallest absolute Gasteiger partial charge is 0.182 e. The summed E-state index contributed by atoms with van der Waals surface area (Å²) in [5.74, 6) is -0.496. The van der Waals surface area contributed by atoms with Crippen LogP contribution in [0.25, 0.3) is 0 Å². The van der Waals surface area contributed by atoms with E-state index in [1.807, 2.05) is 12.1 Å². The zero-order valence-electron chi connectivity index (χ0n) is 11.5. The predicted molar refractivity (Wildman–Crippen MR) is 87.2 cm³/mol. The Morgan fingerprint density at radius 3 is 1.91 bits per heavy atom. The Hall–Kier alpha value is -1.07. The van der Waals surface area contributed by atoms with Crippen LogP contribution in [0.15, 0.2) is 53.4 Å². The Kier molecular flexibility index (Phi) is 4.21. The predicted octanol–water partition coefficient (Wildman–Crippen LogP) is 3.54. The molecule has 3 nitrogen and oxygen atoms in total. The van der Waals surface area contributed by atoms with Gasteiger partial charge in [0, 0.05) is 28.5 Å². The average molecular weight is 357 g/mol. The molecule has 2 aromatic rings. The molecule has 0 bridgehead atoms. The second kappa shape index (κ2) is 5.85. The van der Waals surface area contributed by atoms with Crippen LogP contribution < -0.4 is 0 Å². The van der Waals surface area contributed by atoms with E-state index in [4.69, 9.17) is 23.2 Å². The fourth-order valence-electron chi connectivity index (χ4n) is 2.89. The summed E-state index contributed by atoms with van der Waals surface area (Å²) in [5.41, 5.74) is 0.881. The van der Waals surface area contributed by atoms with Gasteiger partial charge in [-0.3, -0.25) is 0 Å². The van der Waals surface area contributed by atoms with Crippen molar-refractivity contribution in [1.82, 2.24) is 0 Å². The highest BCUT2D eigenvalue weighted by Gasteiger charge is 2.58. The maximum Gasteiger partial charge on any atom is 0.182 e. The summed E-state index contributed by atoms with van der Waals surface area (Å²) in [6.45, 7) is -0.162. The van der Waals surface area contributed by atoms with Crippen LogP contribution in [0.3, 0.4) is 0 Å². The molecule has 1 aliphatic rings. The molecule has 1 aliphatic carbocycles. The Balaban J connectivity index is 1.93. The summed E-state index contributed by atoms with van der Waals surface area (Å²) in [6.07, 6.45) is 0. The highest BCUT2D eigenvalue weighted by atomic mass is 35.5. The zero-order chi connectivity index (χ0) is 15.9. The zero-order valence-corrected chi connectivity index (χ0v) is 13.8. The normalized spacial score (nSPS) is 24.2. The van der Waals surface area contributed by atoms with Crippen LogP contribution in [0.5, 0.6) is 0 Å². The monoisotopic (exact) mass is 356 g/mol. The van der Waals surface area contributed by atoms with Gasteiger partial charge < -0.3 is 5.11 Å². The first-order valence-corrected chi connectivity index (χ1v) is 9.11. The standard InChI is InChI=1S/C16H14Cl2O3S/c17-11-3-1-10(2-4-11)15-14(9-19)16(15)22(20,21)13-7-5-12(18)6-8-13/h1-8,14-16,19H,9H2/t14-,15-,16-/m1/s1. The summed E-state index contributed by atoms with van der Waals surface area (Å²) in [7, 11) is -3.50. The van der Waals surface area contributed by atoms with E-state index in [2.05, 4.69) is 0 Å². The average Bonchev–Trinajstić information content (AvgIpc) is 3.24. The van der Waals surface area contributed by atoms with Crippen LogP contribution in [0.2, 0.25) is 10.0 Å². The molecule has 0 saturated heterocycles. The summed E-state index contributed by atoms with van der Waals surface area (Å²) < 4.78 is 25.5. The van der Waals surface area contributed by atoms with Crippen LogP contribution in [0.4, 0.5) is 0 Å². The molecule has 22 heavy (non-hydrogen) atoms. The lowest BCUT2D eigenvalue weighted by molar-refractivity contribution is 0.274. The van der Waals surface area contributed by atoms with E-state index in [1.54, 1.807) is 24.3 Å². The molecule has 2 aromatic carbocycles. The molecule has 0 aromatic heterocycles. The number of halogens is 2. The van der Waals surface area contributed by atoms with E-state index in [0.29, 0.717) is 10.0 Å². The molecule has 0 heterocycles. The van der Waals surface area contributed by atoms with Gasteiger partial charge in [0.05, 0.1) is 10.1 Å². The summed E-state index contributed by atoms with van der Waals surface area (Å²) in [5, 5.41) is 9.98. The van der Waals surface area contributed by atoms with Gasteiger partial charge in [-0.2, -0.15) is 0 Å². The molecule has 0 amide bonds. The Morgan fingerprint density at radius 1 is 0.909 bits per heavy atom. The molecule has 1 saturated carbocycles. The third-order valence-electron chi connectivity index (χ3n) is 4.06. The van der Waals surface area contributed by atoms with Crippen molar-refractivity contribution in [1.29, 1.82) is 0 Å². The Morgan fingerprint density at radius 2 is 1.41 bits per heavy atom. The van der Waals surface area contributed by atoms with Gasteiger partial charge in [-0.1, -0.05) is 35.3 Å². The molecule has 1 fully saturated rings. The molecule has 3 rings (SSSR count). The van der Waals surface area contributed by atoms with Gasteiger partial charge in [-0.25, -0.2) is 8.42 Å². The van der Waals surface area contributed by atoms with Crippen molar-refractivity contribution in [3.05, 3.63) is 64.1 Å². The molecular formula is C16H14Cl2O3S. The number of aliphatic hydroxyl groups is 1. The van der Waals surface area contributed by atoms with E-state index in [-0.39, 0.29) is 23.3 Å². The molecule has 0 spiro atoms. The topological polar surface area (TPSA) is 54.4 Å². The molecule has 6 heteroatoms. The lowest BCUT2D eigenvalue weighted by atomic mass is 10.1. The van der Waals surface area contributed by atoms with Gasteiger partial charge in [0.25, 0.3) is 0 Å². The van der Waals surface area contributed by atoms with Crippen molar-refractivity contribution in [3.8, 4) is 0 Å². The van der Waals surface area contributed by atoms with Gasteiger partial charge in [-0.05, 0) is 42.0 Å². The van der Waals surface area contributed by atoms with E-state index in [1.165, 1.54) is 12.1 Å². The van der Waals surface area contributed by atoms with Gasteiger partial charge in [0.15, 0.2) is 9.84 Å². The van der Waals surface area contributed by atoms with Crippen LogP contribution >= 0.6 is 23.2 Å². The van der Waals surface area contributed by atoms with Crippen molar-refractivity contribution in [2.45, 2.75) is 16.1 Å². The number of aliphatic hydroxyl groups excluding tert-OH is 1. The lowest BCUT2D eigenvalue weighted by Crippen LogP contribution is -2.11. The van der Waals surface area contributed by atoms with Gasteiger partial charge in [-0.15, -0.1) is 0 Å². The van der Waals surface area contributed by atoms with Crippen molar-refractivity contribution >= 4 is 33.0 Å². The number of hydrogen-bond donors (Lipinski definition) is 1. The van der Waals surface area contributed by atoms with E-state index in [9.17, 15) is 13.5 Å². The summed E-state index contributed by atoms with van der Waals surface area (Å²) in [4.78, 5) is 0.233. The first kappa shape index (κ1) is 15.8. The maximum atomic E-state index is 12.7. The Bertz CT molecular complexity index is 770. The number of benzene rings is 2. The minimum absolute atomic E-state index is 0.162. The van der Waals surface area contributed by atoms with Crippen molar-refractivity contribution in [2.75, 3.05) is 6.61 Å². The molecule has 3 atom stereocenters. The molecule has 116 valence electrons. The minimum Gasteiger partial charge on any atom is -0.396 e. The second-order valence-electron chi connectivity index (χ2n) is 5.39. The Labute approximate surface area is 139 Å². The summed E-state index contributed by atoms with van der Waals surface area (Å²) in [6, 6.07) is 13.2. The van der Waals surface area contributed by atoms with Crippen molar-refractivity contribution in [3.63, 3.8) is 0 Å². The van der Waals surface area contributed by atoms with Crippen molar-refractivity contribution in [2.24, 2.45) is 5.92 Å². The van der Waals surface area contributed by atoms with E-state index >= 15 is 0 Å². The van der Waals surface area contributed by atoms with Gasteiger partial charge in [0.1, 0.15) is 0 Å². The second-order valence-corrected chi connectivity index (χ2v) is 8.37. The fraction of sp³-hybridized carbons (Fsp3) is 0.250.